The highest BCUT2D eigenvalue weighted by molar-refractivity contribution is 7.91. The highest BCUT2D eigenvalue weighted by Gasteiger charge is 2.30. The molecule has 3 rings (SSSR count). The maximum Gasteiger partial charge on any atom is 0.256 e. The van der Waals surface area contributed by atoms with Gasteiger partial charge < -0.3 is 5.32 Å². The first-order valence-electron chi connectivity index (χ1n) is 7.74. The normalized spacial score (nSPS) is 19.1. The van der Waals surface area contributed by atoms with Gasteiger partial charge in [0.2, 0.25) is 0 Å². The third-order valence-electron chi connectivity index (χ3n) is 4.11. The van der Waals surface area contributed by atoms with E-state index in [0.29, 0.717) is 18.7 Å². The van der Waals surface area contributed by atoms with Crippen molar-refractivity contribution in [1.29, 1.82) is 0 Å². The van der Waals surface area contributed by atoms with Gasteiger partial charge in [-0.25, -0.2) is 17.5 Å². The number of hydrogen-bond donors (Lipinski definition) is 1. The van der Waals surface area contributed by atoms with E-state index < -0.39 is 21.8 Å². The van der Waals surface area contributed by atoms with Gasteiger partial charge in [-0.2, -0.15) is 5.10 Å². The molecule has 1 aliphatic heterocycles. The molecule has 1 amide bonds. The molecule has 0 radical (unpaired) electrons. The Bertz CT molecular complexity index is 909. The molecular weight excluding hydrogens is 369 g/mol. The van der Waals surface area contributed by atoms with Gasteiger partial charge in [-0.3, -0.25) is 4.79 Å². The molecule has 0 spiro atoms. The first kappa shape index (κ1) is 17.9. The van der Waals surface area contributed by atoms with Crippen LogP contribution >= 0.6 is 11.6 Å². The zero-order chi connectivity index (χ0) is 18.2. The molecule has 0 bridgehead atoms. The Balaban J connectivity index is 1.77. The number of halogens is 2. The van der Waals surface area contributed by atoms with E-state index in [1.165, 1.54) is 16.8 Å². The maximum atomic E-state index is 13.0. The van der Waals surface area contributed by atoms with E-state index in [4.69, 9.17) is 11.6 Å². The topological polar surface area (TPSA) is 81.1 Å². The van der Waals surface area contributed by atoms with E-state index in [1.54, 1.807) is 19.1 Å². The van der Waals surface area contributed by atoms with Crippen molar-refractivity contribution in [2.45, 2.75) is 25.9 Å². The van der Waals surface area contributed by atoms with E-state index in [-0.39, 0.29) is 28.0 Å². The number of amides is 1. The van der Waals surface area contributed by atoms with Crippen LogP contribution in [0.4, 0.5) is 4.39 Å². The number of carbonyl (C=O) groups is 1. The van der Waals surface area contributed by atoms with Gasteiger partial charge >= 0.3 is 0 Å². The fourth-order valence-corrected chi connectivity index (χ4v) is 4.84. The lowest BCUT2D eigenvalue weighted by atomic mass is 10.2. The Kier molecular flexibility index (Phi) is 4.83. The molecule has 1 aromatic heterocycles. The summed E-state index contributed by atoms with van der Waals surface area (Å²) in [6.45, 7) is 1.96. The van der Waals surface area contributed by atoms with Gasteiger partial charge in [0, 0.05) is 6.04 Å². The third-order valence-corrected chi connectivity index (χ3v) is 6.26. The van der Waals surface area contributed by atoms with Gasteiger partial charge in [0.05, 0.1) is 29.3 Å². The molecular formula is C16H17ClFN3O3S. The Hall–Kier alpha value is -1.93. The van der Waals surface area contributed by atoms with Gasteiger partial charge in [0.1, 0.15) is 11.0 Å². The smallest absolute Gasteiger partial charge is 0.256 e. The lowest BCUT2D eigenvalue weighted by Gasteiger charge is -2.10. The molecule has 1 aromatic carbocycles. The van der Waals surface area contributed by atoms with Crippen LogP contribution in [-0.4, -0.2) is 41.7 Å². The molecule has 1 saturated heterocycles. The Labute approximate surface area is 149 Å². The number of sulfone groups is 1. The van der Waals surface area contributed by atoms with E-state index in [0.717, 1.165) is 5.56 Å². The first-order chi connectivity index (χ1) is 11.7. The van der Waals surface area contributed by atoms with Crippen LogP contribution in [0.3, 0.4) is 0 Å². The number of nitrogens with zero attached hydrogens (tertiary/aromatic N) is 2. The lowest BCUT2D eigenvalue weighted by molar-refractivity contribution is 0.0940. The van der Waals surface area contributed by atoms with Crippen molar-refractivity contribution in [2.24, 2.45) is 0 Å². The summed E-state index contributed by atoms with van der Waals surface area (Å²) in [4.78, 5) is 12.5. The third kappa shape index (κ3) is 4.01. The summed E-state index contributed by atoms with van der Waals surface area (Å²) < 4.78 is 37.5. The van der Waals surface area contributed by atoms with Crippen LogP contribution in [0.5, 0.6) is 0 Å². The largest absolute Gasteiger partial charge is 0.348 e. The highest BCUT2D eigenvalue weighted by Crippen LogP contribution is 2.22. The van der Waals surface area contributed by atoms with Crippen LogP contribution in [0.1, 0.15) is 28.0 Å². The molecule has 1 atom stereocenters. The molecule has 2 aromatic rings. The molecule has 1 aliphatic rings. The van der Waals surface area contributed by atoms with Crippen molar-refractivity contribution in [3.63, 3.8) is 0 Å². The molecule has 0 aliphatic carbocycles. The van der Waals surface area contributed by atoms with Crippen LogP contribution in [-0.2, 0) is 16.4 Å². The summed E-state index contributed by atoms with van der Waals surface area (Å²) in [6, 6.07) is 5.51. The average molecular weight is 386 g/mol. The Morgan fingerprint density at radius 3 is 2.68 bits per heavy atom. The number of aromatic nitrogens is 2. The quantitative estimate of drug-likeness (QED) is 0.872. The number of carbonyl (C=O) groups excluding carboxylic acids is 1. The summed E-state index contributed by atoms with van der Waals surface area (Å²) in [5.41, 5.74) is 1.47. The molecule has 134 valence electrons. The van der Waals surface area contributed by atoms with Crippen LogP contribution in [0, 0.1) is 12.7 Å². The van der Waals surface area contributed by atoms with Crippen molar-refractivity contribution in [2.75, 3.05) is 11.5 Å². The van der Waals surface area contributed by atoms with E-state index in [2.05, 4.69) is 10.4 Å². The van der Waals surface area contributed by atoms with Crippen molar-refractivity contribution >= 4 is 27.3 Å². The summed E-state index contributed by atoms with van der Waals surface area (Å²) >= 11 is 6.29. The van der Waals surface area contributed by atoms with Crippen molar-refractivity contribution in [3.05, 3.63) is 52.1 Å². The Morgan fingerprint density at radius 1 is 1.40 bits per heavy atom. The van der Waals surface area contributed by atoms with E-state index in [1.807, 2.05) is 0 Å². The van der Waals surface area contributed by atoms with Crippen LogP contribution in [0.15, 0.2) is 24.3 Å². The Morgan fingerprint density at radius 2 is 2.08 bits per heavy atom. The van der Waals surface area contributed by atoms with Crippen molar-refractivity contribution in [1.82, 2.24) is 15.1 Å². The SMILES string of the molecule is Cc1nn(Cc2ccc(F)cc2)c(Cl)c1C(=O)NC1CCS(=O)(=O)C1. The minimum atomic E-state index is -3.08. The van der Waals surface area contributed by atoms with Crippen LogP contribution < -0.4 is 5.32 Å². The standard InChI is InChI=1S/C16H17ClFN3O3S/c1-10-14(16(22)19-13-6-7-25(23,24)9-13)15(17)21(20-10)8-11-2-4-12(18)5-3-11/h2-5,13H,6-9H2,1H3,(H,19,22). The molecule has 1 unspecified atom stereocenters. The number of aryl methyl sites for hydroxylation is 1. The molecule has 2 heterocycles. The molecule has 6 nitrogen and oxygen atoms in total. The van der Waals surface area contributed by atoms with Gasteiger partial charge in [0.25, 0.3) is 5.91 Å². The number of nitrogens with one attached hydrogen (secondary N) is 1. The zero-order valence-electron chi connectivity index (χ0n) is 13.5. The second-order valence-corrected chi connectivity index (χ2v) is 8.70. The van der Waals surface area contributed by atoms with Gasteiger partial charge in [-0.15, -0.1) is 0 Å². The van der Waals surface area contributed by atoms with Gasteiger partial charge in [0.15, 0.2) is 9.84 Å². The summed E-state index contributed by atoms with van der Waals surface area (Å²) in [5.74, 6) is -0.749. The monoisotopic (exact) mass is 385 g/mol. The molecule has 1 N–H and O–H groups in total. The van der Waals surface area contributed by atoms with Crippen molar-refractivity contribution < 1.29 is 17.6 Å². The molecule has 1 fully saturated rings. The molecule has 0 saturated carbocycles. The maximum absolute atomic E-state index is 13.0. The first-order valence-corrected chi connectivity index (χ1v) is 9.94. The average Bonchev–Trinajstić information content (AvgIpc) is 3.00. The summed E-state index contributed by atoms with van der Waals surface area (Å²) in [6.07, 6.45) is 0.397. The molecule has 25 heavy (non-hydrogen) atoms. The van der Waals surface area contributed by atoms with Crippen LogP contribution in [0.2, 0.25) is 5.15 Å². The summed E-state index contributed by atoms with van der Waals surface area (Å²) in [5, 5.41) is 7.14. The zero-order valence-corrected chi connectivity index (χ0v) is 15.1. The second kappa shape index (κ2) is 6.76. The highest BCUT2D eigenvalue weighted by atomic mass is 35.5. The minimum absolute atomic E-state index is 0.0564. The fourth-order valence-electron chi connectivity index (χ4n) is 2.85. The lowest BCUT2D eigenvalue weighted by Crippen LogP contribution is -2.35. The molecule has 9 heteroatoms. The number of hydrogen-bond acceptors (Lipinski definition) is 4. The predicted octanol–water partition coefficient (Wildman–Crippen LogP) is 1.95. The van der Waals surface area contributed by atoms with Crippen LogP contribution in [0.25, 0.3) is 0 Å². The number of benzene rings is 1. The van der Waals surface area contributed by atoms with Gasteiger partial charge in [-0.05, 0) is 31.0 Å². The second-order valence-electron chi connectivity index (χ2n) is 6.11. The van der Waals surface area contributed by atoms with E-state index in [9.17, 15) is 17.6 Å². The van der Waals surface area contributed by atoms with Crippen molar-refractivity contribution in [3.8, 4) is 0 Å². The van der Waals surface area contributed by atoms with Gasteiger partial charge in [-0.1, -0.05) is 23.7 Å². The minimum Gasteiger partial charge on any atom is -0.348 e. The number of rotatable bonds is 4. The van der Waals surface area contributed by atoms with E-state index >= 15 is 0 Å². The summed E-state index contributed by atoms with van der Waals surface area (Å²) in [7, 11) is -3.08. The predicted molar refractivity (Wildman–Crippen MR) is 92.0 cm³/mol. The fraction of sp³-hybridized carbons (Fsp3) is 0.375.